The number of benzene rings is 1. The van der Waals surface area contributed by atoms with E-state index < -0.39 is 0 Å². The molecule has 0 unspecified atom stereocenters. The van der Waals surface area contributed by atoms with Crippen molar-refractivity contribution >= 4 is 22.1 Å². The lowest BCUT2D eigenvalue weighted by molar-refractivity contribution is 0.414. The number of hydrogen-bond acceptors (Lipinski definition) is 5. The summed E-state index contributed by atoms with van der Waals surface area (Å²) in [6.45, 7) is 5.75. The second-order valence-corrected chi connectivity index (χ2v) is 6.18. The first-order valence-electron chi connectivity index (χ1n) is 7.33. The molecular formula is C16H17BrN6O. The molecule has 0 atom stereocenters. The second-order valence-electron chi connectivity index (χ2n) is 5.33. The summed E-state index contributed by atoms with van der Waals surface area (Å²) in [5.41, 5.74) is 2.78. The van der Waals surface area contributed by atoms with Crippen LogP contribution in [0, 0.1) is 20.8 Å². The van der Waals surface area contributed by atoms with Crippen molar-refractivity contribution in [3.05, 3.63) is 51.5 Å². The molecule has 24 heavy (non-hydrogen) atoms. The lowest BCUT2D eigenvalue weighted by atomic mass is 10.2. The molecule has 2 aromatic heterocycles. The van der Waals surface area contributed by atoms with Gasteiger partial charge in [0.05, 0.1) is 19.0 Å². The summed E-state index contributed by atoms with van der Waals surface area (Å²) in [6, 6.07) is 7.68. The number of aryl methyl sites for hydroxylation is 3. The van der Waals surface area contributed by atoms with E-state index >= 15 is 0 Å². The van der Waals surface area contributed by atoms with Crippen molar-refractivity contribution in [2.75, 3.05) is 7.11 Å². The van der Waals surface area contributed by atoms with Crippen LogP contribution in [0.5, 0.6) is 5.75 Å². The van der Waals surface area contributed by atoms with Gasteiger partial charge < -0.3 is 4.74 Å². The summed E-state index contributed by atoms with van der Waals surface area (Å²) in [6.07, 6.45) is 1.73. The molecule has 0 saturated carbocycles. The molecule has 0 radical (unpaired) electrons. The fourth-order valence-electron chi connectivity index (χ4n) is 2.31. The molecule has 0 aliphatic rings. The van der Waals surface area contributed by atoms with Gasteiger partial charge in [-0.2, -0.15) is 14.9 Å². The normalized spacial score (nSPS) is 11.4. The second kappa shape index (κ2) is 6.56. The quantitative estimate of drug-likeness (QED) is 0.644. The lowest BCUT2D eigenvalue weighted by Gasteiger charge is -2.05. The van der Waals surface area contributed by atoms with Crippen molar-refractivity contribution in [3.63, 3.8) is 0 Å². The monoisotopic (exact) mass is 388 g/mol. The van der Waals surface area contributed by atoms with Crippen LogP contribution in [0.25, 0.3) is 5.95 Å². The summed E-state index contributed by atoms with van der Waals surface area (Å²) in [5, 5.41) is 17.3. The van der Waals surface area contributed by atoms with Crippen LogP contribution in [0.4, 0.5) is 0 Å². The summed E-state index contributed by atoms with van der Waals surface area (Å²) >= 11 is 3.52. The highest BCUT2D eigenvalue weighted by Gasteiger charge is 2.13. The Kier molecular flexibility index (Phi) is 4.48. The molecule has 0 spiro atoms. The van der Waals surface area contributed by atoms with Gasteiger partial charge in [0.2, 0.25) is 0 Å². The van der Waals surface area contributed by atoms with Gasteiger partial charge in [0.1, 0.15) is 5.75 Å². The fraction of sp³-hybridized carbons (Fsp3) is 0.250. The number of methoxy groups -OCH3 is 1. The van der Waals surface area contributed by atoms with E-state index in [-0.39, 0.29) is 0 Å². The lowest BCUT2D eigenvalue weighted by Crippen LogP contribution is -2.08. The van der Waals surface area contributed by atoms with E-state index in [0.717, 1.165) is 27.2 Å². The molecule has 0 amide bonds. The zero-order valence-corrected chi connectivity index (χ0v) is 15.4. The van der Waals surface area contributed by atoms with E-state index in [9.17, 15) is 0 Å². The molecule has 1 aromatic carbocycles. The van der Waals surface area contributed by atoms with E-state index in [0.29, 0.717) is 11.8 Å². The first-order chi connectivity index (χ1) is 11.5. The van der Waals surface area contributed by atoms with Gasteiger partial charge in [-0.05, 0) is 45.0 Å². The third kappa shape index (κ3) is 3.09. The van der Waals surface area contributed by atoms with E-state index in [2.05, 4.69) is 36.3 Å². The number of ether oxygens (including phenoxy) is 1. The number of halogens is 1. The van der Waals surface area contributed by atoms with Crippen molar-refractivity contribution in [2.45, 2.75) is 20.8 Å². The van der Waals surface area contributed by atoms with E-state index in [1.165, 1.54) is 0 Å². The molecule has 3 rings (SSSR count). The maximum atomic E-state index is 5.25. The molecule has 0 bridgehead atoms. The molecule has 8 heteroatoms. The third-order valence-corrected chi connectivity index (χ3v) is 4.22. The maximum Gasteiger partial charge on any atom is 0.273 e. The van der Waals surface area contributed by atoms with Gasteiger partial charge in [0, 0.05) is 15.7 Å². The molecule has 0 N–H and O–H groups in total. The van der Waals surface area contributed by atoms with Gasteiger partial charge in [-0.25, -0.2) is 4.68 Å². The minimum Gasteiger partial charge on any atom is -0.497 e. The highest BCUT2D eigenvalue weighted by Crippen LogP contribution is 2.21. The summed E-state index contributed by atoms with van der Waals surface area (Å²) < 4.78 is 9.56. The molecule has 0 fully saturated rings. The third-order valence-electron chi connectivity index (χ3n) is 3.49. The van der Waals surface area contributed by atoms with Crippen LogP contribution < -0.4 is 4.74 Å². The van der Waals surface area contributed by atoms with Crippen molar-refractivity contribution in [3.8, 4) is 11.7 Å². The van der Waals surface area contributed by atoms with Crippen molar-refractivity contribution in [1.29, 1.82) is 0 Å². The van der Waals surface area contributed by atoms with Gasteiger partial charge in [-0.3, -0.25) is 0 Å². The Balaban J connectivity index is 2.02. The standard InChI is InChI=1S/C16H17BrN6O/c1-10-7-11(2)22(21-10)16-20-19-12(3)23(16)18-9-13-8-14(24-4)5-6-15(13)17/h5-9H,1-4H3/b18-9+. The highest BCUT2D eigenvalue weighted by molar-refractivity contribution is 9.10. The minimum atomic E-state index is 0.549. The minimum absolute atomic E-state index is 0.549. The first kappa shape index (κ1) is 16.4. The predicted molar refractivity (Wildman–Crippen MR) is 95.0 cm³/mol. The van der Waals surface area contributed by atoms with Gasteiger partial charge in [0.15, 0.2) is 5.82 Å². The largest absolute Gasteiger partial charge is 0.497 e. The molecule has 2 heterocycles. The number of rotatable bonds is 4. The zero-order valence-electron chi connectivity index (χ0n) is 13.9. The van der Waals surface area contributed by atoms with Gasteiger partial charge in [-0.1, -0.05) is 15.9 Å². The van der Waals surface area contributed by atoms with Crippen LogP contribution in [0.2, 0.25) is 0 Å². The SMILES string of the molecule is COc1ccc(Br)c(/C=N/n2c(C)nnc2-n2nc(C)cc2C)c1. The molecule has 0 saturated heterocycles. The van der Waals surface area contributed by atoms with Crippen LogP contribution in [-0.2, 0) is 0 Å². The molecule has 0 aliphatic heterocycles. The van der Waals surface area contributed by atoms with Gasteiger partial charge in [0.25, 0.3) is 5.95 Å². The topological polar surface area (TPSA) is 70.1 Å². The average Bonchev–Trinajstić information content (AvgIpc) is 3.08. The number of aromatic nitrogens is 5. The van der Waals surface area contributed by atoms with Gasteiger partial charge >= 0.3 is 0 Å². The Hall–Kier alpha value is -2.48. The Morgan fingerprint density at radius 2 is 1.96 bits per heavy atom. The Bertz CT molecular complexity index is 911. The van der Waals surface area contributed by atoms with Crippen molar-refractivity contribution in [2.24, 2.45) is 5.10 Å². The summed E-state index contributed by atoms with van der Waals surface area (Å²) in [5.74, 6) is 1.99. The zero-order chi connectivity index (χ0) is 17.3. The number of hydrogen-bond donors (Lipinski definition) is 0. The molecule has 7 nitrogen and oxygen atoms in total. The summed E-state index contributed by atoms with van der Waals surface area (Å²) in [7, 11) is 1.63. The Morgan fingerprint density at radius 1 is 1.17 bits per heavy atom. The number of nitrogens with zero attached hydrogens (tertiary/aromatic N) is 6. The predicted octanol–water partition coefficient (Wildman–Crippen LogP) is 3.04. The van der Waals surface area contributed by atoms with Crippen LogP contribution in [-0.4, -0.2) is 38.0 Å². The van der Waals surface area contributed by atoms with Crippen molar-refractivity contribution < 1.29 is 4.74 Å². The first-order valence-corrected chi connectivity index (χ1v) is 8.12. The van der Waals surface area contributed by atoms with E-state index in [1.54, 1.807) is 22.7 Å². The van der Waals surface area contributed by atoms with E-state index in [4.69, 9.17) is 4.74 Å². The van der Waals surface area contributed by atoms with Crippen LogP contribution in [0.3, 0.4) is 0 Å². The molecule has 0 aliphatic carbocycles. The fourth-order valence-corrected chi connectivity index (χ4v) is 2.66. The Morgan fingerprint density at radius 3 is 2.62 bits per heavy atom. The van der Waals surface area contributed by atoms with Gasteiger partial charge in [-0.15, -0.1) is 10.2 Å². The highest BCUT2D eigenvalue weighted by atomic mass is 79.9. The van der Waals surface area contributed by atoms with Crippen molar-refractivity contribution in [1.82, 2.24) is 24.7 Å². The molecular weight excluding hydrogens is 372 g/mol. The molecule has 3 aromatic rings. The molecule has 124 valence electrons. The Labute approximate surface area is 148 Å². The smallest absolute Gasteiger partial charge is 0.273 e. The van der Waals surface area contributed by atoms with E-state index in [1.807, 2.05) is 45.0 Å². The maximum absolute atomic E-state index is 5.25. The van der Waals surface area contributed by atoms with Crippen LogP contribution in [0.15, 0.2) is 33.8 Å². The van der Waals surface area contributed by atoms with Crippen LogP contribution in [0.1, 0.15) is 22.8 Å². The average molecular weight is 389 g/mol. The van der Waals surface area contributed by atoms with Crippen LogP contribution >= 0.6 is 15.9 Å². The summed E-state index contributed by atoms with van der Waals surface area (Å²) in [4.78, 5) is 0.